The molecule has 5 rings (SSSR count). The van der Waals surface area contributed by atoms with Gasteiger partial charge in [-0.05, 0) is 73.0 Å². The second-order valence-corrected chi connectivity index (χ2v) is 8.19. The van der Waals surface area contributed by atoms with Gasteiger partial charge in [-0.15, -0.1) is 0 Å². The summed E-state index contributed by atoms with van der Waals surface area (Å²) in [6.45, 7) is 3.97. The van der Waals surface area contributed by atoms with E-state index in [2.05, 4.69) is 0 Å². The monoisotopic (exact) mass is 431 g/mol. The molecule has 1 aliphatic heterocycles. The molecule has 0 spiro atoms. The minimum atomic E-state index is -0.690. The van der Waals surface area contributed by atoms with E-state index in [1.54, 1.807) is 35.2 Å². The number of hydrogen-bond donors (Lipinski definition) is 1. The Kier molecular flexibility index (Phi) is 4.38. The van der Waals surface area contributed by atoms with Crippen molar-refractivity contribution < 1.29 is 14.3 Å². The number of amides is 1. The number of aromatic hydroxyl groups is 1. The van der Waals surface area contributed by atoms with Crippen molar-refractivity contribution in [3.8, 4) is 5.75 Å². The third kappa shape index (κ3) is 3.01. The maximum atomic E-state index is 13.5. The molecule has 0 radical (unpaired) electrons. The van der Waals surface area contributed by atoms with Gasteiger partial charge in [0.2, 0.25) is 5.76 Å². The number of fused-ring (bicyclic) bond motifs is 2. The van der Waals surface area contributed by atoms with Crippen LogP contribution in [0.15, 0.2) is 69.9 Å². The summed E-state index contributed by atoms with van der Waals surface area (Å²) in [5, 5.41) is 10.5. The summed E-state index contributed by atoms with van der Waals surface area (Å²) in [5.41, 5.74) is 3.77. The molecule has 154 valence electrons. The fraction of sp³-hybridized carbons (Fsp3) is 0.120. The molecule has 31 heavy (non-hydrogen) atoms. The van der Waals surface area contributed by atoms with Gasteiger partial charge in [0.1, 0.15) is 11.3 Å². The lowest BCUT2D eigenvalue weighted by atomic mass is 9.98. The Morgan fingerprint density at radius 1 is 0.935 bits per heavy atom. The van der Waals surface area contributed by atoms with Crippen LogP contribution in [0.2, 0.25) is 5.02 Å². The van der Waals surface area contributed by atoms with Crippen molar-refractivity contribution in [1.29, 1.82) is 0 Å². The number of nitrogens with zero attached hydrogens (tertiary/aromatic N) is 1. The van der Waals surface area contributed by atoms with Gasteiger partial charge in [-0.1, -0.05) is 29.8 Å². The zero-order valence-corrected chi connectivity index (χ0v) is 17.6. The van der Waals surface area contributed by atoms with Gasteiger partial charge in [0.15, 0.2) is 5.43 Å². The number of rotatable bonds is 2. The van der Waals surface area contributed by atoms with Crippen LogP contribution in [-0.4, -0.2) is 11.0 Å². The molecule has 0 fully saturated rings. The molecule has 3 aromatic carbocycles. The van der Waals surface area contributed by atoms with Gasteiger partial charge in [0.05, 0.1) is 17.0 Å². The summed E-state index contributed by atoms with van der Waals surface area (Å²) < 4.78 is 5.93. The van der Waals surface area contributed by atoms with E-state index in [0.717, 1.165) is 11.1 Å². The number of benzene rings is 3. The maximum absolute atomic E-state index is 13.5. The quantitative estimate of drug-likeness (QED) is 0.453. The van der Waals surface area contributed by atoms with E-state index < -0.39 is 6.04 Å². The first-order valence-corrected chi connectivity index (χ1v) is 10.2. The number of hydrogen-bond acceptors (Lipinski definition) is 4. The molecule has 1 amide bonds. The second-order valence-electron chi connectivity index (χ2n) is 7.75. The highest BCUT2D eigenvalue weighted by Gasteiger charge is 2.43. The van der Waals surface area contributed by atoms with Crippen LogP contribution in [0.1, 0.15) is 38.9 Å². The topological polar surface area (TPSA) is 70.8 Å². The van der Waals surface area contributed by atoms with E-state index in [4.69, 9.17) is 16.0 Å². The Bertz CT molecular complexity index is 1420. The number of carbonyl (C=O) groups excluding carboxylic acids is 1. The number of phenolic OH excluding ortho intramolecular Hbond substituents is 1. The normalized spacial score (nSPS) is 15.5. The Balaban J connectivity index is 1.82. The summed E-state index contributed by atoms with van der Waals surface area (Å²) in [5.74, 6) is -0.259. The first kappa shape index (κ1) is 19.4. The number of phenols is 1. The predicted molar refractivity (Wildman–Crippen MR) is 120 cm³/mol. The molecule has 4 aromatic rings. The van der Waals surface area contributed by atoms with Gasteiger partial charge < -0.3 is 9.52 Å². The van der Waals surface area contributed by atoms with Gasteiger partial charge in [0.25, 0.3) is 5.91 Å². The average Bonchev–Trinajstić information content (AvgIpc) is 3.04. The molecule has 0 saturated carbocycles. The van der Waals surface area contributed by atoms with Crippen molar-refractivity contribution in [2.45, 2.75) is 19.9 Å². The summed E-state index contributed by atoms with van der Waals surface area (Å²) in [4.78, 5) is 28.6. The lowest BCUT2D eigenvalue weighted by Crippen LogP contribution is -2.29. The molecule has 0 aliphatic carbocycles. The Morgan fingerprint density at radius 2 is 1.68 bits per heavy atom. The van der Waals surface area contributed by atoms with Crippen LogP contribution < -0.4 is 10.3 Å². The van der Waals surface area contributed by atoms with Crippen molar-refractivity contribution in [3.63, 3.8) is 0 Å². The van der Waals surface area contributed by atoms with Crippen LogP contribution >= 0.6 is 11.6 Å². The van der Waals surface area contributed by atoms with Crippen molar-refractivity contribution in [2.24, 2.45) is 0 Å². The van der Waals surface area contributed by atoms with E-state index in [1.807, 2.05) is 32.0 Å². The number of anilines is 1. The molecule has 5 nitrogen and oxygen atoms in total. The minimum absolute atomic E-state index is 0.0242. The van der Waals surface area contributed by atoms with Crippen LogP contribution in [0.4, 0.5) is 5.69 Å². The van der Waals surface area contributed by atoms with Gasteiger partial charge in [-0.2, -0.15) is 0 Å². The van der Waals surface area contributed by atoms with Crippen LogP contribution in [0, 0.1) is 13.8 Å². The molecule has 1 aromatic heterocycles. The molecule has 6 heteroatoms. The zero-order chi connectivity index (χ0) is 21.9. The first-order valence-electron chi connectivity index (χ1n) is 9.81. The lowest BCUT2D eigenvalue weighted by Gasteiger charge is -2.26. The molecule has 1 aliphatic rings. The summed E-state index contributed by atoms with van der Waals surface area (Å²) in [6.07, 6.45) is 0. The van der Waals surface area contributed by atoms with E-state index in [0.29, 0.717) is 27.2 Å². The molecule has 2 heterocycles. The molecule has 1 N–H and O–H groups in total. The smallest absolute Gasteiger partial charge is 0.295 e. The number of aryl methyl sites for hydroxylation is 2. The van der Waals surface area contributed by atoms with E-state index in [9.17, 15) is 14.7 Å². The van der Waals surface area contributed by atoms with Crippen molar-refractivity contribution in [2.75, 3.05) is 4.90 Å². The van der Waals surface area contributed by atoms with Gasteiger partial charge in [0, 0.05) is 10.7 Å². The molecule has 1 unspecified atom stereocenters. The van der Waals surface area contributed by atoms with E-state index in [1.165, 1.54) is 12.1 Å². The van der Waals surface area contributed by atoms with Crippen LogP contribution in [-0.2, 0) is 0 Å². The van der Waals surface area contributed by atoms with E-state index >= 15 is 0 Å². The fourth-order valence-corrected chi connectivity index (χ4v) is 4.23. The van der Waals surface area contributed by atoms with Crippen LogP contribution in [0.25, 0.3) is 11.0 Å². The largest absolute Gasteiger partial charge is 0.508 e. The van der Waals surface area contributed by atoms with E-state index in [-0.39, 0.29) is 28.4 Å². The third-order valence-electron chi connectivity index (χ3n) is 5.81. The van der Waals surface area contributed by atoms with Crippen molar-refractivity contribution in [3.05, 3.63) is 104 Å². The summed E-state index contributed by atoms with van der Waals surface area (Å²) in [7, 11) is 0. The van der Waals surface area contributed by atoms with Crippen LogP contribution in [0.3, 0.4) is 0 Å². The maximum Gasteiger partial charge on any atom is 0.295 e. The highest BCUT2D eigenvalue weighted by molar-refractivity contribution is 6.31. The van der Waals surface area contributed by atoms with Gasteiger partial charge in [-0.25, -0.2) is 0 Å². The molecule has 0 bridgehead atoms. The third-order valence-corrected chi connectivity index (χ3v) is 6.04. The van der Waals surface area contributed by atoms with Crippen molar-refractivity contribution >= 4 is 34.2 Å². The van der Waals surface area contributed by atoms with Crippen LogP contribution in [0.5, 0.6) is 5.75 Å². The first-order chi connectivity index (χ1) is 14.8. The molecular weight excluding hydrogens is 414 g/mol. The Labute approximate surface area is 183 Å². The standard InChI is InChI=1S/C25H18ClNO4/c1-13-3-7-17(11-14(13)2)27-22(15-4-8-18(28)9-5-15)21-23(29)19-12-16(26)6-10-20(19)31-24(21)25(27)30/h3-12,22,28H,1-2H3. The second kappa shape index (κ2) is 7.00. The Morgan fingerprint density at radius 3 is 2.39 bits per heavy atom. The zero-order valence-electron chi connectivity index (χ0n) is 16.8. The SMILES string of the molecule is Cc1ccc(N2C(=O)c3oc4ccc(Cl)cc4c(=O)c3C2c2ccc(O)cc2)cc1C. The van der Waals surface area contributed by atoms with Gasteiger partial charge in [-0.3, -0.25) is 14.5 Å². The molecule has 0 saturated heterocycles. The minimum Gasteiger partial charge on any atom is -0.508 e. The Hall–Kier alpha value is -3.57. The predicted octanol–water partition coefficient (Wildman–Crippen LogP) is 5.52. The van der Waals surface area contributed by atoms with Gasteiger partial charge >= 0.3 is 0 Å². The summed E-state index contributed by atoms with van der Waals surface area (Å²) >= 11 is 6.11. The average molecular weight is 432 g/mol. The number of carbonyl (C=O) groups is 1. The highest BCUT2D eigenvalue weighted by atomic mass is 35.5. The molecular formula is C25H18ClNO4. The summed E-state index contributed by atoms with van der Waals surface area (Å²) in [6, 6.07) is 16.3. The fourth-order valence-electron chi connectivity index (χ4n) is 4.06. The highest BCUT2D eigenvalue weighted by Crippen LogP contribution is 2.42. The number of halogens is 1. The van der Waals surface area contributed by atoms with Crippen molar-refractivity contribution in [1.82, 2.24) is 0 Å². The lowest BCUT2D eigenvalue weighted by molar-refractivity contribution is 0.0971. The molecule has 1 atom stereocenters.